The van der Waals surface area contributed by atoms with Crippen molar-refractivity contribution in [1.29, 1.82) is 5.26 Å². The van der Waals surface area contributed by atoms with Crippen molar-refractivity contribution in [1.82, 2.24) is 15.3 Å². The first kappa shape index (κ1) is 18.1. The highest BCUT2D eigenvalue weighted by Gasteiger charge is 2.29. The summed E-state index contributed by atoms with van der Waals surface area (Å²) in [5, 5.41) is 22.9. The second-order valence-corrected chi connectivity index (χ2v) is 8.11. The molecule has 4 rings (SSSR count). The number of aliphatic hydroxyl groups is 1. The topological polar surface area (TPSA) is 85.1 Å². The highest BCUT2D eigenvalue weighted by atomic mass is 16.3. The summed E-state index contributed by atoms with van der Waals surface area (Å²) in [4.78, 5) is 11.3. The number of anilines is 1. The van der Waals surface area contributed by atoms with E-state index in [1.165, 1.54) is 0 Å². The molecule has 2 aliphatic rings. The van der Waals surface area contributed by atoms with E-state index in [2.05, 4.69) is 33.2 Å². The van der Waals surface area contributed by atoms with Crippen molar-refractivity contribution in [3.8, 4) is 6.07 Å². The second kappa shape index (κ2) is 7.79. The maximum absolute atomic E-state index is 9.74. The van der Waals surface area contributed by atoms with Gasteiger partial charge >= 0.3 is 0 Å². The molecule has 1 aromatic carbocycles. The molecule has 0 radical (unpaired) electrons. The lowest BCUT2D eigenvalue weighted by Gasteiger charge is -2.41. The van der Waals surface area contributed by atoms with Crippen LogP contribution in [0.2, 0.25) is 0 Å². The zero-order valence-electron chi connectivity index (χ0n) is 15.8. The molecule has 6 nitrogen and oxygen atoms in total. The lowest BCUT2D eigenvalue weighted by Crippen LogP contribution is -2.52. The molecule has 2 aromatic rings. The van der Waals surface area contributed by atoms with Crippen molar-refractivity contribution in [3.05, 3.63) is 30.1 Å². The Morgan fingerprint density at radius 3 is 2.56 bits per heavy atom. The Hall–Kier alpha value is -2.23. The van der Waals surface area contributed by atoms with Crippen molar-refractivity contribution in [2.75, 3.05) is 18.0 Å². The maximum atomic E-state index is 9.74. The summed E-state index contributed by atoms with van der Waals surface area (Å²) in [5.41, 5.74) is 3.13. The molecule has 0 spiro atoms. The number of rotatable bonds is 3. The first-order valence-electron chi connectivity index (χ1n) is 9.97. The zero-order chi connectivity index (χ0) is 18.8. The van der Waals surface area contributed by atoms with Crippen LogP contribution in [0.1, 0.15) is 44.6 Å². The van der Waals surface area contributed by atoms with Crippen LogP contribution in [0, 0.1) is 17.2 Å². The molecule has 1 aromatic heterocycles. The molecule has 27 heavy (non-hydrogen) atoms. The van der Waals surface area contributed by atoms with Crippen molar-refractivity contribution < 1.29 is 5.11 Å². The number of nitriles is 1. The summed E-state index contributed by atoms with van der Waals surface area (Å²) in [6.07, 6.45) is 8.30. The van der Waals surface area contributed by atoms with Gasteiger partial charge in [-0.1, -0.05) is 6.92 Å². The van der Waals surface area contributed by atoms with Crippen molar-refractivity contribution in [3.63, 3.8) is 0 Å². The van der Waals surface area contributed by atoms with Crippen LogP contribution in [0.25, 0.3) is 11.0 Å². The van der Waals surface area contributed by atoms with Crippen LogP contribution in [0.3, 0.4) is 0 Å². The smallest absolute Gasteiger partial charge is 0.113 e. The van der Waals surface area contributed by atoms with Gasteiger partial charge in [-0.05, 0) is 50.2 Å². The number of hydrogen-bond donors (Lipinski definition) is 2. The molecule has 2 fully saturated rings. The lowest BCUT2D eigenvalue weighted by atomic mass is 9.90. The average molecular weight is 365 g/mol. The molecule has 0 amide bonds. The van der Waals surface area contributed by atoms with E-state index < -0.39 is 0 Å². The summed E-state index contributed by atoms with van der Waals surface area (Å²) >= 11 is 0. The highest BCUT2D eigenvalue weighted by molar-refractivity contribution is 5.92. The summed E-state index contributed by atoms with van der Waals surface area (Å²) in [5.74, 6) is 0.577. The van der Waals surface area contributed by atoms with Crippen LogP contribution in [-0.2, 0) is 0 Å². The predicted octanol–water partition coefficient (Wildman–Crippen LogP) is 2.61. The normalized spacial score (nSPS) is 28.9. The SMILES string of the molecule is CC1CC(NC2CCC(O)CC2)CN(c2ccc(C#N)c3nccnc23)C1. The fourth-order valence-electron chi connectivity index (χ4n) is 4.63. The Morgan fingerprint density at radius 1 is 1.07 bits per heavy atom. The van der Waals surface area contributed by atoms with E-state index in [4.69, 9.17) is 0 Å². The Morgan fingerprint density at radius 2 is 1.81 bits per heavy atom. The third-order valence-corrected chi connectivity index (χ3v) is 5.89. The summed E-state index contributed by atoms with van der Waals surface area (Å²) in [6, 6.07) is 7.02. The third kappa shape index (κ3) is 3.90. The Labute approximate surface area is 160 Å². The standard InChI is InChI=1S/C21H27N5O/c1-14-10-17(25-16-3-5-18(27)6-4-16)13-26(12-14)19-7-2-15(11-22)20-21(19)24-9-8-23-20/h2,7-9,14,16-18,25,27H,3-6,10,12-13H2,1H3. The number of nitrogens with one attached hydrogen (secondary N) is 1. The summed E-state index contributed by atoms with van der Waals surface area (Å²) < 4.78 is 0. The van der Waals surface area contributed by atoms with Gasteiger partial charge in [-0.3, -0.25) is 9.97 Å². The van der Waals surface area contributed by atoms with Crippen LogP contribution >= 0.6 is 0 Å². The van der Waals surface area contributed by atoms with E-state index in [1.807, 2.05) is 12.1 Å². The van der Waals surface area contributed by atoms with Gasteiger partial charge in [0.2, 0.25) is 0 Å². The molecule has 1 saturated carbocycles. The summed E-state index contributed by atoms with van der Waals surface area (Å²) in [7, 11) is 0. The van der Waals surface area contributed by atoms with Gasteiger partial charge in [-0.25, -0.2) is 0 Å². The van der Waals surface area contributed by atoms with Crippen LogP contribution in [0.4, 0.5) is 5.69 Å². The van der Waals surface area contributed by atoms with Crippen molar-refractivity contribution >= 4 is 16.7 Å². The van der Waals surface area contributed by atoms with Gasteiger partial charge in [0.15, 0.2) is 0 Å². The quantitative estimate of drug-likeness (QED) is 0.870. The zero-order valence-corrected chi connectivity index (χ0v) is 15.8. The third-order valence-electron chi connectivity index (χ3n) is 5.89. The van der Waals surface area contributed by atoms with Gasteiger partial charge in [0.1, 0.15) is 17.1 Å². The van der Waals surface area contributed by atoms with Gasteiger partial charge in [0, 0.05) is 37.6 Å². The fourth-order valence-corrected chi connectivity index (χ4v) is 4.63. The Bertz CT molecular complexity index is 840. The van der Waals surface area contributed by atoms with Gasteiger partial charge in [-0.2, -0.15) is 5.26 Å². The van der Waals surface area contributed by atoms with Crippen LogP contribution in [0.15, 0.2) is 24.5 Å². The lowest BCUT2D eigenvalue weighted by molar-refractivity contribution is 0.112. The second-order valence-electron chi connectivity index (χ2n) is 8.11. The van der Waals surface area contributed by atoms with Crippen LogP contribution < -0.4 is 10.2 Å². The molecule has 142 valence electrons. The molecule has 6 heteroatoms. The Kier molecular flexibility index (Phi) is 5.24. The molecule has 2 unspecified atom stereocenters. The molecule has 2 N–H and O–H groups in total. The minimum absolute atomic E-state index is 0.117. The Balaban J connectivity index is 1.55. The van der Waals surface area contributed by atoms with Gasteiger partial charge < -0.3 is 15.3 Å². The van der Waals surface area contributed by atoms with E-state index in [9.17, 15) is 10.4 Å². The molecule has 2 atom stereocenters. The highest BCUT2D eigenvalue weighted by Crippen LogP contribution is 2.30. The number of fused-ring (bicyclic) bond motifs is 1. The van der Waals surface area contributed by atoms with Gasteiger partial charge in [-0.15, -0.1) is 0 Å². The van der Waals surface area contributed by atoms with Crippen LogP contribution in [-0.4, -0.2) is 46.4 Å². The number of piperidine rings is 1. The van der Waals surface area contributed by atoms with E-state index in [1.54, 1.807) is 12.4 Å². The molecule has 1 aliphatic heterocycles. The molecule has 2 heterocycles. The van der Waals surface area contributed by atoms with Gasteiger partial charge in [0.05, 0.1) is 17.4 Å². The molecule has 1 saturated heterocycles. The van der Waals surface area contributed by atoms with Crippen molar-refractivity contribution in [2.45, 2.75) is 57.2 Å². The first-order chi connectivity index (χ1) is 13.1. The molecule has 0 bridgehead atoms. The number of nitrogens with zero attached hydrogens (tertiary/aromatic N) is 4. The minimum atomic E-state index is -0.117. The van der Waals surface area contributed by atoms with E-state index in [0.29, 0.717) is 29.1 Å². The fraction of sp³-hybridized carbons (Fsp3) is 0.571. The van der Waals surface area contributed by atoms with E-state index in [-0.39, 0.29) is 6.10 Å². The number of aromatic nitrogens is 2. The number of aliphatic hydroxyl groups excluding tert-OH is 1. The monoisotopic (exact) mass is 365 g/mol. The van der Waals surface area contributed by atoms with Crippen LogP contribution in [0.5, 0.6) is 0 Å². The minimum Gasteiger partial charge on any atom is -0.393 e. The first-order valence-corrected chi connectivity index (χ1v) is 9.97. The van der Waals surface area contributed by atoms with E-state index in [0.717, 1.165) is 56.4 Å². The summed E-state index contributed by atoms with van der Waals surface area (Å²) in [6.45, 7) is 4.21. The molecule has 1 aliphatic carbocycles. The molecular weight excluding hydrogens is 338 g/mol. The number of benzene rings is 1. The van der Waals surface area contributed by atoms with E-state index >= 15 is 0 Å². The number of hydrogen-bond acceptors (Lipinski definition) is 6. The maximum Gasteiger partial charge on any atom is 0.113 e. The van der Waals surface area contributed by atoms with Gasteiger partial charge in [0.25, 0.3) is 0 Å². The largest absolute Gasteiger partial charge is 0.393 e. The molecular formula is C21H27N5O. The van der Waals surface area contributed by atoms with Crippen molar-refractivity contribution in [2.24, 2.45) is 5.92 Å². The average Bonchev–Trinajstić information content (AvgIpc) is 2.68. The predicted molar refractivity (Wildman–Crippen MR) is 105 cm³/mol.